The summed E-state index contributed by atoms with van der Waals surface area (Å²) in [4.78, 5) is 12.2. The van der Waals surface area contributed by atoms with Crippen molar-refractivity contribution in [2.24, 2.45) is 5.73 Å². The Morgan fingerprint density at radius 3 is 2.23 bits per heavy atom. The lowest BCUT2D eigenvalue weighted by Crippen LogP contribution is -2.38. The second-order valence-corrected chi connectivity index (χ2v) is 5.07. The molecule has 0 aromatic heterocycles. The number of hydrogen-bond donors (Lipinski definition) is 2. The van der Waals surface area contributed by atoms with Gasteiger partial charge in [0.25, 0.3) is 0 Å². The third kappa shape index (κ3) is 4.46. The Balaban J connectivity index is 2.09. The van der Waals surface area contributed by atoms with E-state index in [9.17, 15) is 9.90 Å². The van der Waals surface area contributed by atoms with Crippen molar-refractivity contribution < 1.29 is 9.90 Å². The molecule has 0 saturated carbocycles. The number of anilines is 3. The fraction of sp³-hybridized carbons (Fsp3) is 0.125. The monoisotopic (exact) mass is 314 g/mol. The molecule has 0 radical (unpaired) electrons. The van der Waals surface area contributed by atoms with E-state index in [1.807, 2.05) is 54.6 Å². The predicted molar refractivity (Wildman–Crippen MR) is 89.9 cm³/mol. The van der Waals surface area contributed by atoms with E-state index < -0.39 is 5.97 Å². The lowest BCUT2D eigenvalue weighted by molar-refractivity contribution is -0.305. The Hall–Kier alpha value is -2.60. The fourth-order valence-electron chi connectivity index (χ4n) is 1.98. The van der Waals surface area contributed by atoms with Crippen molar-refractivity contribution in [3.63, 3.8) is 0 Å². The van der Waals surface area contributed by atoms with Gasteiger partial charge in [-0.2, -0.15) is 0 Å². The quantitative estimate of drug-likeness (QED) is 0.789. The molecular weight excluding hydrogens is 298 g/mol. The van der Waals surface area contributed by atoms with Gasteiger partial charge in [-0.25, -0.2) is 0 Å². The number of nitrogens with two attached hydrogens (primary N) is 1. The molecule has 0 saturated heterocycles. The lowest BCUT2D eigenvalue weighted by Gasteiger charge is -2.23. The maximum Gasteiger partial charge on any atom is 0.170 e. The summed E-state index contributed by atoms with van der Waals surface area (Å²) in [6.07, 6.45) is -0.138. The summed E-state index contributed by atoms with van der Waals surface area (Å²) in [6, 6.07) is 17.2. The van der Waals surface area contributed by atoms with Gasteiger partial charge in [0.15, 0.2) is 5.11 Å². The summed E-state index contributed by atoms with van der Waals surface area (Å²) < 4.78 is 0. The fourth-order valence-corrected chi connectivity index (χ4v) is 2.18. The van der Waals surface area contributed by atoms with Crippen molar-refractivity contribution >= 4 is 40.4 Å². The van der Waals surface area contributed by atoms with Crippen LogP contribution < -0.4 is 21.1 Å². The Morgan fingerprint density at radius 2 is 1.68 bits per heavy atom. The van der Waals surface area contributed by atoms with Crippen LogP contribution in [0.3, 0.4) is 0 Å². The molecule has 0 unspecified atom stereocenters. The van der Waals surface area contributed by atoms with Gasteiger partial charge < -0.3 is 25.9 Å². The molecule has 2 rings (SSSR count). The molecular formula is C16H16N3O2S-. The number of hydrogen-bond acceptors (Lipinski definition) is 4. The van der Waals surface area contributed by atoms with Gasteiger partial charge in [-0.1, -0.05) is 18.2 Å². The van der Waals surface area contributed by atoms with Gasteiger partial charge in [0, 0.05) is 36.0 Å². The first-order valence-electron chi connectivity index (χ1n) is 6.75. The molecule has 2 aromatic carbocycles. The molecule has 0 atom stereocenters. The predicted octanol–water partition coefficient (Wildman–Crippen LogP) is 1.62. The molecule has 0 aliphatic rings. The van der Waals surface area contributed by atoms with E-state index in [4.69, 9.17) is 18.0 Å². The van der Waals surface area contributed by atoms with Crippen molar-refractivity contribution in [2.45, 2.75) is 6.42 Å². The third-order valence-electron chi connectivity index (χ3n) is 3.05. The number of nitrogens with one attached hydrogen (secondary N) is 1. The normalized spacial score (nSPS) is 10.0. The van der Waals surface area contributed by atoms with Crippen LogP contribution in [0.5, 0.6) is 0 Å². The number of carboxylic acids is 1. The summed E-state index contributed by atoms with van der Waals surface area (Å²) in [7, 11) is 0. The van der Waals surface area contributed by atoms with E-state index in [2.05, 4.69) is 5.32 Å². The number of aliphatic carboxylic acids is 1. The van der Waals surface area contributed by atoms with Gasteiger partial charge >= 0.3 is 0 Å². The van der Waals surface area contributed by atoms with Gasteiger partial charge in [0.1, 0.15) is 0 Å². The second kappa shape index (κ2) is 7.42. The zero-order valence-electron chi connectivity index (χ0n) is 11.9. The summed E-state index contributed by atoms with van der Waals surface area (Å²) >= 11 is 4.96. The summed E-state index contributed by atoms with van der Waals surface area (Å²) in [6.45, 7) is 0.184. The minimum Gasteiger partial charge on any atom is -0.550 e. The molecule has 6 heteroatoms. The van der Waals surface area contributed by atoms with Gasteiger partial charge in [-0.15, -0.1) is 0 Å². The number of para-hydroxylation sites is 1. The summed E-state index contributed by atoms with van der Waals surface area (Å²) in [5.41, 5.74) is 8.29. The van der Waals surface area contributed by atoms with E-state index in [-0.39, 0.29) is 18.1 Å². The average molecular weight is 314 g/mol. The van der Waals surface area contributed by atoms with E-state index in [1.54, 1.807) is 4.90 Å². The van der Waals surface area contributed by atoms with Gasteiger partial charge in [-0.05, 0) is 48.6 Å². The SMILES string of the molecule is NC(=S)N(CCC(=O)[O-])c1ccc(Nc2ccccc2)cc1. The smallest absolute Gasteiger partial charge is 0.170 e. The first-order chi connectivity index (χ1) is 10.6. The number of thiocarbonyl (C=S) groups is 1. The van der Waals surface area contributed by atoms with E-state index >= 15 is 0 Å². The molecule has 0 aliphatic heterocycles. The maximum atomic E-state index is 10.6. The van der Waals surface area contributed by atoms with Gasteiger partial charge in [0.2, 0.25) is 0 Å². The molecule has 2 aromatic rings. The molecule has 0 amide bonds. The average Bonchev–Trinajstić information content (AvgIpc) is 2.49. The minimum absolute atomic E-state index is 0.130. The molecule has 0 aliphatic carbocycles. The number of benzene rings is 2. The number of carbonyl (C=O) groups is 1. The van der Waals surface area contributed by atoms with Crippen LogP contribution in [0.2, 0.25) is 0 Å². The van der Waals surface area contributed by atoms with Crippen LogP contribution in [0, 0.1) is 0 Å². The standard InChI is InChI=1S/C16H17N3O2S/c17-16(22)19(11-10-15(20)21)14-8-6-13(7-9-14)18-12-4-2-1-3-5-12/h1-9,18H,10-11H2,(H2,17,22)(H,20,21)/p-1. The molecule has 3 N–H and O–H groups in total. The van der Waals surface area contributed by atoms with Crippen molar-refractivity contribution in [1.82, 2.24) is 0 Å². The summed E-state index contributed by atoms with van der Waals surface area (Å²) in [5, 5.41) is 14.0. The van der Waals surface area contributed by atoms with Crippen LogP contribution in [0.25, 0.3) is 0 Å². The zero-order chi connectivity index (χ0) is 15.9. The van der Waals surface area contributed by atoms with Gasteiger partial charge in [0.05, 0.1) is 0 Å². The number of rotatable bonds is 6. The Bertz CT molecular complexity index is 644. The van der Waals surface area contributed by atoms with Gasteiger partial charge in [-0.3, -0.25) is 0 Å². The maximum absolute atomic E-state index is 10.6. The highest BCUT2D eigenvalue weighted by Crippen LogP contribution is 2.21. The lowest BCUT2D eigenvalue weighted by atomic mass is 10.2. The highest BCUT2D eigenvalue weighted by atomic mass is 32.1. The minimum atomic E-state index is -1.14. The van der Waals surface area contributed by atoms with Crippen LogP contribution in [-0.2, 0) is 4.79 Å². The van der Waals surface area contributed by atoms with Crippen molar-refractivity contribution in [3.05, 3.63) is 54.6 Å². The molecule has 0 heterocycles. The topological polar surface area (TPSA) is 81.4 Å². The van der Waals surface area contributed by atoms with Crippen LogP contribution >= 0.6 is 12.2 Å². The van der Waals surface area contributed by atoms with Crippen LogP contribution in [0.1, 0.15) is 6.42 Å². The van der Waals surface area contributed by atoms with Crippen molar-refractivity contribution in [2.75, 3.05) is 16.8 Å². The number of carboxylic acid groups (broad SMARTS) is 1. The Morgan fingerprint density at radius 1 is 1.09 bits per heavy atom. The molecule has 0 fully saturated rings. The Labute approximate surface area is 134 Å². The molecule has 22 heavy (non-hydrogen) atoms. The number of carbonyl (C=O) groups excluding carboxylic acids is 1. The zero-order valence-corrected chi connectivity index (χ0v) is 12.7. The summed E-state index contributed by atoms with van der Waals surface area (Å²) in [5.74, 6) is -1.14. The Kier molecular flexibility index (Phi) is 5.32. The first-order valence-corrected chi connectivity index (χ1v) is 7.16. The highest BCUT2D eigenvalue weighted by molar-refractivity contribution is 7.80. The van der Waals surface area contributed by atoms with Crippen LogP contribution in [0.4, 0.5) is 17.1 Å². The van der Waals surface area contributed by atoms with Crippen molar-refractivity contribution in [1.29, 1.82) is 0 Å². The van der Waals surface area contributed by atoms with Crippen LogP contribution in [0.15, 0.2) is 54.6 Å². The van der Waals surface area contributed by atoms with Crippen LogP contribution in [-0.4, -0.2) is 17.6 Å². The first kappa shape index (κ1) is 15.8. The molecule has 5 nitrogen and oxygen atoms in total. The molecule has 0 bridgehead atoms. The molecule has 114 valence electrons. The largest absolute Gasteiger partial charge is 0.550 e. The number of nitrogens with zero attached hydrogens (tertiary/aromatic N) is 1. The van der Waals surface area contributed by atoms with E-state index in [1.165, 1.54) is 0 Å². The molecule has 0 spiro atoms. The van der Waals surface area contributed by atoms with Crippen molar-refractivity contribution in [3.8, 4) is 0 Å². The second-order valence-electron chi connectivity index (χ2n) is 4.65. The highest BCUT2D eigenvalue weighted by Gasteiger charge is 2.09. The van der Waals surface area contributed by atoms with E-state index in [0.29, 0.717) is 0 Å². The van der Waals surface area contributed by atoms with E-state index in [0.717, 1.165) is 17.1 Å². The third-order valence-corrected chi connectivity index (χ3v) is 3.27.